The molecule has 2 heterocycles. The summed E-state index contributed by atoms with van der Waals surface area (Å²) in [6.07, 6.45) is 1.48. The van der Waals surface area contributed by atoms with Crippen LogP contribution in [0.2, 0.25) is 0 Å². The lowest BCUT2D eigenvalue weighted by atomic mass is 10.2. The van der Waals surface area contributed by atoms with Crippen molar-refractivity contribution < 1.29 is 19.1 Å². The molecule has 0 aliphatic carbocycles. The summed E-state index contributed by atoms with van der Waals surface area (Å²) in [5.74, 6) is 1.07. The van der Waals surface area contributed by atoms with Gasteiger partial charge in [-0.05, 0) is 92.2 Å². The van der Waals surface area contributed by atoms with Crippen LogP contribution in [0.5, 0.6) is 11.5 Å². The summed E-state index contributed by atoms with van der Waals surface area (Å²) in [4.78, 5) is 12.2. The Bertz CT molecular complexity index is 1220. The molecular weight excluding hydrogens is 406 g/mol. The highest BCUT2D eigenvalue weighted by Crippen LogP contribution is 2.21. The zero-order valence-electron chi connectivity index (χ0n) is 17.8. The van der Waals surface area contributed by atoms with Gasteiger partial charge < -0.3 is 18.8 Å². The first-order valence-electron chi connectivity index (χ1n) is 10.1. The van der Waals surface area contributed by atoms with Crippen molar-refractivity contribution in [1.82, 2.24) is 9.99 Å². The summed E-state index contributed by atoms with van der Waals surface area (Å²) >= 11 is 0. The van der Waals surface area contributed by atoms with E-state index in [2.05, 4.69) is 41.1 Å². The van der Waals surface area contributed by atoms with Crippen molar-refractivity contribution in [3.8, 4) is 17.2 Å². The van der Waals surface area contributed by atoms with Gasteiger partial charge in [-0.1, -0.05) is 0 Å². The van der Waals surface area contributed by atoms with Gasteiger partial charge in [-0.3, -0.25) is 4.79 Å². The molecule has 0 saturated heterocycles. The lowest BCUT2D eigenvalue weighted by Gasteiger charge is -2.10. The highest BCUT2D eigenvalue weighted by molar-refractivity contribution is 5.92. The van der Waals surface area contributed by atoms with Gasteiger partial charge in [0.2, 0.25) is 0 Å². The first kappa shape index (κ1) is 21.0. The van der Waals surface area contributed by atoms with Gasteiger partial charge in [0.1, 0.15) is 23.9 Å². The number of nitrogens with one attached hydrogen (secondary N) is 1. The Morgan fingerprint density at radius 1 is 1.00 bits per heavy atom. The van der Waals surface area contributed by atoms with Crippen LogP contribution in [0.4, 0.5) is 0 Å². The fourth-order valence-electron chi connectivity index (χ4n) is 3.28. The highest BCUT2D eigenvalue weighted by atomic mass is 16.5. The molecule has 0 spiro atoms. The van der Waals surface area contributed by atoms with Crippen LogP contribution >= 0.6 is 0 Å². The lowest BCUT2D eigenvalue weighted by Crippen LogP contribution is -2.16. The smallest absolute Gasteiger partial charge is 0.307 e. The van der Waals surface area contributed by atoms with E-state index in [1.54, 1.807) is 24.3 Å². The number of phenolic OH excluding ortho intramolecular Hbond substituents is 1. The summed E-state index contributed by atoms with van der Waals surface area (Å²) in [6.45, 7) is 4.34. The zero-order chi connectivity index (χ0) is 22.5. The molecule has 0 bridgehead atoms. The van der Waals surface area contributed by atoms with E-state index in [0.29, 0.717) is 11.5 Å². The second-order valence-electron chi connectivity index (χ2n) is 7.29. The number of benzene rings is 2. The van der Waals surface area contributed by atoms with Gasteiger partial charge in [-0.25, -0.2) is 5.43 Å². The molecule has 0 radical (unpaired) electrons. The maximum Gasteiger partial charge on any atom is 0.307 e. The molecule has 0 atom stereocenters. The number of hydrogen-bond acceptors (Lipinski definition) is 5. The molecule has 2 N–H and O–H groups in total. The SMILES string of the molecule is Cc1ccc(C)n1-c1ccc(OCc2ccc(C(=O)NN=Cc3ccc(O)cc3)o2)cc1. The molecule has 0 fully saturated rings. The number of carbonyl (C=O) groups is 1. The Morgan fingerprint density at radius 3 is 2.38 bits per heavy atom. The van der Waals surface area contributed by atoms with Crippen molar-refractivity contribution in [3.05, 3.63) is 101 Å². The number of aryl methyl sites for hydroxylation is 2. The number of rotatable bonds is 7. The number of aromatic hydroxyl groups is 1. The van der Waals surface area contributed by atoms with Crippen LogP contribution in [0, 0.1) is 13.8 Å². The van der Waals surface area contributed by atoms with Gasteiger partial charge in [-0.15, -0.1) is 0 Å². The highest BCUT2D eigenvalue weighted by Gasteiger charge is 2.11. The van der Waals surface area contributed by atoms with E-state index >= 15 is 0 Å². The fraction of sp³-hybridized carbons (Fsp3) is 0.120. The van der Waals surface area contributed by atoms with Gasteiger partial charge in [0.15, 0.2) is 5.76 Å². The summed E-state index contributed by atoms with van der Waals surface area (Å²) < 4.78 is 13.5. The molecule has 32 heavy (non-hydrogen) atoms. The number of nitrogens with zero attached hydrogens (tertiary/aromatic N) is 2. The van der Waals surface area contributed by atoms with Crippen LogP contribution in [-0.2, 0) is 6.61 Å². The van der Waals surface area contributed by atoms with E-state index in [1.807, 2.05) is 24.3 Å². The van der Waals surface area contributed by atoms with E-state index in [-0.39, 0.29) is 18.1 Å². The molecule has 7 nitrogen and oxygen atoms in total. The van der Waals surface area contributed by atoms with Crippen LogP contribution in [0.25, 0.3) is 5.69 Å². The topological polar surface area (TPSA) is 89.0 Å². The van der Waals surface area contributed by atoms with Gasteiger partial charge >= 0.3 is 5.91 Å². The van der Waals surface area contributed by atoms with Crippen LogP contribution in [0.3, 0.4) is 0 Å². The zero-order valence-corrected chi connectivity index (χ0v) is 17.8. The minimum atomic E-state index is -0.465. The largest absolute Gasteiger partial charge is 0.508 e. The number of amides is 1. The molecule has 4 rings (SSSR count). The van der Waals surface area contributed by atoms with Crippen molar-refractivity contribution in [2.45, 2.75) is 20.5 Å². The fourth-order valence-corrected chi connectivity index (χ4v) is 3.28. The minimum Gasteiger partial charge on any atom is -0.508 e. The van der Waals surface area contributed by atoms with Gasteiger partial charge in [0, 0.05) is 17.1 Å². The lowest BCUT2D eigenvalue weighted by molar-refractivity contribution is 0.0923. The predicted octanol–water partition coefficient (Wildman–Crippen LogP) is 4.74. The second-order valence-corrected chi connectivity index (χ2v) is 7.29. The molecule has 2 aromatic carbocycles. The van der Waals surface area contributed by atoms with Crippen LogP contribution in [-0.4, -0.2) is 21.8 Å². The van der Waals surface area contributed by atoms with E-state index < -0.39 is 5.91 Å². The van der Waals surface area contributed by atoms with Gasteiger partial charge in [-0.2, -0.15) is 5.10 Å². The first-order chi connectivity index (χ1) is 15.5. The van der Waals surface area contributed by atoms with Crippen LogP contribution in [0.15, 0.2) is 82.3 Å². The molecule has 162 valence electrons. The number of hydrazone groups is 1. The average Bonchev–Trinajstić information content (AvgIpc) is 3.40. The monoisotopic (exact) mass is 429 g/mol. The average molecular weight is 429 g/mol. The molecule has 4 aromatic rings. The Balaban J connectivity index is 1.31. The van der Waals surface area contributed by atoms with E-state index in [4.69, 9.17) is 9.15 Å². The van der Waals surface area contributed by atoms with Gasteiger partial charge in [0.05, 0.1) is 6.21 Å². The van der Waals surface area contributed by atoms with Crippen molar-refractivity contribution in [3.63, 3.8) is 0 Å². The Kier molecular flexibility index (Phi) is 6.07. The Labute approximate surface area is 185 Å². The summed E-state index contributed by atoms with van der Waals surface area (Å²) in [5.41, 5.74) is 6.56. The summed E-state index contributed by atoms with van der Waals surface area (Å²) in [5, 5.41) is 13.2. The molecule has 0 saturated carbocycles. The number of hydrogen-bond donors (Lipinski definition) is 2. The molecule has 0 aliphatic heterocycles. The normalized spacial score (nSPS) is 11.1. The van der Waals surface area contributed by atoms with Crippen molar-refractivity contribution >= 4 is 12.1 Å². The Morgan fingerprint density at radius 2 is 1.69 bits per heavy atom. The first-order valence-corrected chi connectivity index (χ1v) is 10.1. The third-order valence-corrected chi connectivity index (χ3v) is 4.91. The van der Waals surface area contributed by atoms with Crippen molar-refractivity contribution in [1.29, 1.82) is 0 Å². The molecule has 2 aromatic heterocycles. The Hall–Kier alpha value is -4.26. The standard InChI is InChI=1S/C25H23N3O4/c1-17-3-4-18(2)28(17)20-7-11-22(12-8-20)31-16-23-13-14-24(32-23)25(30)27-26-15-19-5-9-21(29)10-6-19/h3-15,29H,16H2,1-2H3,(H,27,30). The number of aromatic nitrogens is 1. The summed E-state index contributed by atoms with van der Waals surface area (Å²) in [7, 11) is 0. The van der Waals surface area contributed by atoms with Crippen molar-refractivity contribution in [2.75, 3.05) is 0 Å². The van der Waals surface area contributed by atoms with Crippen LogP contribution < -0.4 is 10.2 Å². The van der Waals surface area contributed by atoms with Crippen LogP contribution in [0.1, 0.15) is 33.3 Å². The van der Waals surface area contributed by atoms with E-state index in [1.165, 1.54) is 29.7 Å². The second kappa shape index (κ2) is 9.26. The van der Waals surface area contributed by atoms with Gasteiger partial charge in [0.25, 0.3) is 0 Å². The maximum absolute atomic E-state index is 12.2. The molecule has 1 amide bonds. The molecule has 7 heteroatoms. The van der Waals surface area contributed by atoms with E-state index in [9.17, 15) is 9.90 Å². The molecule has 0 aliphatic rings. The maximum atomic E-state index is 12.2. The number of ether oxygens (including phenoxy) is 1. The molecular formula is C25H23N3O4. The quantitative estimate of drug-likeness (QED) is 0.328. The minimum absolute atomic E-state index is 0.139. The number of furan rings is 1. The van der Waals surface area contributed by atoms with Crippen molar-refractivity contribution in [2.24, 2.45) is 5.10 Å². The third-order valence-electron chi connectivity index (χ3n) is 4.91. The number of carbonyl (C=O) groups excluding carboxylic acids is 1. The van der Waals surface area contributed by atoms with E-state index in [0.717, 1.165) is 11.3 Å². The number of phenols is 1. The molecule has 0 unspecified atom stereocenters. The predicted molar refractivity (Wildman–Crippen MR) is 121 cm³/mol. The summed E-state index contributed by atoms with van der Waals surface area (Å²) in [6, 6.07) is 21.7. The third kappa shape index (κ3) is 4.89.